The van der Waals surface area contributed by atoms with Gasteiger partial charge in [-0.25, -0.2) is 0 Å². The molecule has 3 heterocycles. The Morgan fingerprint density at radius 1 is 1.07 bits per heavy atom. The van der Waals surface area contributed by atoms with Crippen LogP contribution in [-0.2, 0) is 9.53 Å². The predicted molar refractivity (Wildman–Crippen MR) is 106 cm³/mol. The standard InChI is InChI=1S/C21H26N4O3/c1-27-18-6-4-16(5-7-18)19-8-9-20(23-22-19)25-10-2-3-17(15-25)21(26)24-11-13-28-14-12-24/h4-9,17H,2-3,10-15H2,1H3/t17-/m1/s1. The van der Waals surface area contributed by atoms with Crippen LogP contribution in [0.2, 0.25) is 0 Å². The molecule has 1 amide bonds. The molecule has 0 aliphatic carbocycles. The van der Waals surface area contributed by atoms with Crippen molar-refractivity contribution in [1.29, 1.82) is 0 Å². The lowest BCUT2D eigenvalue weighted by Gasteiger charge is -2.36. The Labute approximate surface area is 165 Å². The normalized spacial score (nSPS) is 20.1. The number of carbonyl (C=O) groups excluding carboxylic acids is 1. The number of rotatable bonds is 4. The van der Waals surface area contributed by atoms with Crippen LogP contribution in [0.15, 0.2) is 36.4 Å². The third-order valence-electron chi connectivity index (χ3n) is 5.45. The van der Waals surface area contributed by atoms with Crippen LogP contribution < -0.4 is 9.64 Å². The summed E-state index contributed by atoms with van der Waals surface area (Å²) in [5.41, 5.74) is 1.82. The van der Waals surface area contributed by atoms with Crippen molar-refractivity contribution in [3.63, 3.8) is 0 Å². The predicted octanol–water partition coefficient (Wildman–Crippen LogP) is 2.23. The van der Waals surface area contributed by atoms with Crippen molar-refractivity contribution in [3.05, 3.63) is 36.4 Å². The van der Waals surface area contributed by atoms with Gasteiger partial charge in [-0.15, -0.1) is 10.2 Å². The topological polar surface area (TPSA) is 67.8 Å². The quantitative estimate of drug-likeness (QED) is 0.808. The van der Waals surface area contributed by atoms with E-state index < -0.39 is 0 Å². The van der Waals surface area contributed by atoms with Gasteiger partial charge < -0.3 is 19.3 Å². The molecule has 4 rings (SSSR count). The van der Waals surface area contributed by atoms with E-state index in [1.807, 2.05) is 41.3 Å². The van der Waals surface area contributed by atoms with E-state index in [9.17, 15) is 4.79 Å². The molecule has 2 aliphatic heterocycles. The highest BCUT2D eigenvalue weighted by Crippen LogP contribution is 2.25. The van der Waals surface area contributed by atoms with E-state index >= 15 is 0 Å². The van der Waals surface area contributed by atoms with Crippen molar-refractivity contribution in [2.75, 3.05) is 51.4 Å². The highest BCUT2D eigenvalue weighted by atomic mass is 16.5. The van der Waals surface area contributed by atoms with Crippen molar-refractivity contribution >= 4 is 11.7 Å². The number of benzene rings is 1. The molecule has 7 nitrogen and oxygen atoms in total. The van der Waals surface area contributed by atoms with E-state index in [4.69, 9.17) is 9.47 Å². The molecule has 2 aromatic rings. The first-order valence-corrected chi connectivity index (χ1v) is 9.84. The van der Waals surface area contributed by atoms with Crippen LogP contribution in [0.25, 0.3) is 11.3 Å². The minimum Gasteiger partial charge on any atom is -0.497 e. The van der Waals surface area contributed by atoms with Gasteiger partial charge in [-0.3, -0.25) is 4.79 Å². The monoisotopic (exact) mass is 382 g/mol. The molecule has 2 aliphatic rings. The van der Waals surface area contributed by atoms with Gasteiger partial charge in [0.2, 0.25) is 5.91 Å². The SMILES string of the molecule is COc1ccc(-c2ccc(N3CCC[C@@H](C(=O)N4CCOCC4)C3)nn2)cc1. The molecule has 28 heavy (non-hydrogen) atoms. The van der Waals surface area contributed by atoms with Crippen LogP contribution in [0.3, 0.4) is 0 Å². The Hall–Kier alpha value is -2.67. The molecular weight excluding hydrogens is 356 g/mol. The maximum Gasteiger partial charge on any atom is 0.227 e. The molecule has 0 N–H and O–H groups in total. The summed E-state index contributed by atoms with van der Waals surface area (Å²) >= 11 is 0. The van der Waals surface area contributed by atoms with Gasteiger partial charge in [-0.05, 0) is 49.2 Å². The number of methoxy groups -OCH3 is 1. The van der Waals surface area contributed by atoms with Gasteiger partial charge in [0.1, 0.15) is 5.75 Å². The van der Waals surface area contributed by atoms with Gasteiger partial charge in [0.25, 0.3) is 0 Å². The summed E-state index contributed by atoms with van der Waals surface area (Å²) in [6.45, 7) is 4.29. The fourth-order valence-electron chi connectivity index (χ4n) is 3.84. The molecule has 1 atom stereocenters. The highest BCUT2D eigenvalue weighted by Gasteiger charge is 2.30. The van der Waals surface area contributed by atoms with E-state index in [2.05, 4.69) is 15.1 Å². The highest BCUT2D eigenvalue weighted by molar-refractivity contribution is 5.80. The van der Waals surface area contributed by atoms with E-state index in [0.717, 1.165) is 42.2 Å². The Balaban J connectivity index is 1.42. The average molecular weight is 382 g/mol. The number of carbonyl (C=O) groups is 1. The second-order valence-electron chi connectivity index (χ2n) is 7.23. The van der Waals surface area contributed by atoms with Gasteiger partial charge in [0.05, 0.1) is 31.9 Å². The second-order valence-corrected chi connectivity index (χ2v) is 7.23. The van der Waals surface area contributed by atoms with Crippen molar-refractivity contribution in [1.82, 2.24) is 15.1 Å². The zero-order chi connectivity index (χ0) is 19.3. The summed E-state index contributed by atoms with van der Waals surface area (Å²) in [7, 11) is 1.65. The van der Waals surface area contributed by atoms with E-state index in [-0.39, 0.29) is 11.8 Å². The molecule has 2 fully saturated rings. The number of hydrogen-bond donors (Lipinski definition) is 0. The Bertz CT molecular complexity index is 788. The summed E-state index contributed by atoms with van der Waals surface area (Å²) in [5.74, 6) is 1.92. The first kappa shape index (κ1) is 18.7. The second kappa shape index (κ2) is 8.56. The van der Waals surface area contributed by atoms with Crippen molar-refractivity contribution < 1.29 is 14.3 Å². The van der Waals surface area contributed by atoms with Crippen LogP contribution >= 0.6 is 0 Å². The number of hydrogen-bond acceptors (Lipinski definition) is 6. The fraction of sp³-hybridized carbons (Fsp3) is 0.476. The molecule has 0 radical (unpaired) electrons. The molecule has 2 saturated heterocycles. The fourth-order valence-corrected chi connectivity index (χ4v) is 3.84. The molecule has 148 valence electrons. The number of anilines is 1. The number of morpholine rings is 1. The number of ether oxygens (including phenoxy) is 2. The van der Waals surface area contributed by atoms with Crippen molar-refractivity contribution in [2.24, 2.45) is 5.92 Å². The minimum absolute atomic E-state index is 0.0231. The van der Waals surface area contributed by atoms with Gasteiger partial charge in [-0.2, -0.15) is 0 Å². The van der Waals surface area contributed by atoms with Crippen molar-refractivity contribution in [3.8, 4) is 17.0 Å². The van der Waals surface area contributed by atoms with E-state index in [1.54, 1.807) is 7.11 Å². The Morgan fingerprint density at radius 3 is 2.54 bits per heavy atom. The largest absolute Gasteiger partial charge is 0.497 e. The minimum atomic E-state index is 0.0231. The number of amides is 1. The zero-order valence-corrected chi connectivity index (χ0v) is 16.2. The maximum absolute atomic E-state index is 12.8. The van der Waals surface area contributed by atoms with Gasteiger partial charge in [0, 0.05) is 31.7 Å². The third kappa shape index (κ3) is 4.09. The van der Waals surface area contributed by atoms with Gasteiger partial charge in [-0.1, -0.05) is 0 Å². The third-order valence-corrected chi connectivity index (χ3v) is 5.45. The van der Waals surface area contributed by atoms with Crippen LogP contribution in [0.4, 0.5) is 5.82 Å². The molecule has 1 aromatic heterocycles. The lowest BCUT2D eigenvalue weighted by Crippen LogP contribution is -2.48. The smallest absolute Gasteiger partial charge is 0.227 e. The van der Waals surface area contributed by atoms with Crippen LogP contribution in [0.5, 0.6) is 5.75 Å². The first-order valence-electron chi connectivity index (χ1n) is 9.84. The lowest BCUT2D eigenvalue weighted by molar-refractivity contribution is -0.139. The summed E-state index contributed by atoms with van der Waals surface area (Å²) in [4.78, 5) is 16.9. The molecule has 0 unspecified atom stereocenters. The van der Waals surface area contributed by atoms with Gasteiger partial charge >= 0.3 is 0 Å². The Kier molecular flexibility index (Phi) is 5.71. The lowest BCUT2D eigenvalue weighted by atomic mass is 9.96. The summed E-state index contributed by atoms with van der Waals surface area (Å²) in [5, 5.41) is 8.82. The maximum atomic E-state index is 12.8. The number of nitrogens with zero attached hydrogens (tertiary/aromatic N) is 4. The summed E-state index contributed by atoms with van der Waals surface area (Å²) < 4.78 is 10.6. The molecule has 7 heteroatoms. The van der Waals surface area contributed by atoms with Crippen molar-refractivity contribution in [2.45, 2.75) is 12.8 Å². The van der Waals surface area contributed by atoms with E-state index in [1.165, 1.54) is 0 Å². The molecule has 1 aromatic carbocycles. The molecule has 0 saturated carbocycles. The van der Waals surface area contributed by atoms with E-state index in [0.29, 0.717) is 32.8 Å². The van der Waals surface area contributed by atoms with Crippen LogP contribution in [0.1, 0.15) is 12.8 Å². The number of piperidine rings is 1. The molecule has 0 bridgehead atoms. The van der Waals surface area contributed by atoms with Crippen LogP contribution in [-0.4, -0.2) is 67.5 Å². The average Bonchev–Trinajstić information content (AvgIpc) is 2.79. The molecular formula is C21H26N4O3. The Morgan fingerprint density at radius 2 is 1.86 bits per heavy atom. The molecule has 0 spiro atoms. The van der Waals surface area contributed by atoms with Gasteiger partial charge in [0.15, 0.2) is 5.82 Å². The zero-order valence-electron chi connectivity index (χ0n) is 16.2. The number of aromatic nitrogens is 2. The first-order chi connectivity index (χ1) is 13.7. The summed E-state index contributed by atoms with van der Waals surface area (Å²) in [6, 6.07) is 11.8. The summed E-state index contributed by atoms with van der Waals surface area (Å²) in [6.07, 6.45) is 1.92. The van der Waals surface area contributed by atoms with Crippen LogP contribution in [0, 0.1) is 5.92 Å².